The lowest BCUT2D eigenvalue weighted by atomic mass is 9.95. The van der Waals surface area contributed by atoms with E-state index in [4.69, 9.17) is 4.74 Å². The number of carbonyl (C=O) groups excluding carboxylic acids is 1. The molecule has 0 spiro atoms. The molecule has 0 saturated carbocycles. The third-order valence-corrected chi connectivity index (χ3v) is 4.94. The van der Waals surface area contributed by atoms with Crippen LogP contribution >= 0.6 is 0 Å². The molecule has 28 heavy (non-hydrogen) atoms. The van der Waals surface area contributed by atoms with Crippen LogP contribution in [-0.4, -0.2) is 40.4 Å². The van der Waals surface area contributed by atoms with Gasteiger partial charge in [-0.15, -0.1) is 0 Å². The van der Waals surface area contributed by atoms with Crippen molar-refractivity contribution in [2.45, 2.75) is 48.0 Å². The van der Waals surface area contributed by atoms with Crippen LogP contribution < -0.4 is 4.90 Å². The fraction of sp³-hybridized carbons (Fsp3) is 0.500. The molecule has 0 radical (unpaired) electrons. The zero-order chi connectivity index (χ0) is 20.8. The van der Waals surface area contributed by atoms with Gasteiger partial charge in [0.05, 0.1) is 12.3 Å². The SMILES string of the molecule is CC.CCOC(=O)c1nn(C)c(C2=C(C)CCN(c3ncccc3C)C2)c1C. The number of rotatable bonds is 4. The van der Waals surface area contributed by atoms with Crippen LogP contribution in [0.25, 0.3) is 5.57 Å². The van der Waals surface area contributed by atoms with Gasteiger partial charge in [-0.2, -0.15) is 5.10 Å². The Bertz CT molecular complexity index is 867. The summed E-state index contributed by atoms with van der Waals surface area (Å²) >= 11 is 0. The topological polar surface area (TPSA) is 60.2 Å². The highest BCUT2D eigenvalue weighted by atomic mass is 16.5. The number of hydrogen-bond acceptors (Lipinski definition) is 5. The second-order valence-corrected chi connectivity index (χ2v) is 6.74. The molecule has 3 heterocycles. The average molecular weight is 385 g/mol. The summed E-state index contributed by atoms with van der Waals surface area (Å²) in [4.78, 5) is 19.1. The lowest BCUT2D eigenvalue weighted by Gasteiger charge is -2.32. The van der Waals surface area contributed by atoms with Crippen LogP contribution in [0.1, 0.15) is 61.4 Å². The van der Waals surface area contributed by atoms with Crippen molar-refractivity contribution < 1.29 is 9.53 Å². The van der Waals surface area contributed by atoms with Gasteiger partial charge < -0.3 is 9.64 Å². The molecule has 0 aliphatic carbocycles. The van der Waals surface area contributed by atoms with Crippen molar-refractivity contribution in [3.8, 4) is 0 Å². The standard InChI is InChI=1S/C20H26N4O2.C2H6/c1-6-26-20(25)17-15(4)18(23(5)22-17)16-12-24(11-9-13(16)2)19-14(3)8-7-10-21-19;1-2/h7-8,10H,6,9,11-12H2,1-5H3;1-2H3. The summed E-state index contributed by atoms with van der Waals surface area (Å²) in [5.41, 5.74) is 5.99. The van der Waals surface area contributed by atoms with E-state index in [1.807, 2.05) is 40.1 Å². The molecule has 6 nitrogen and oxygen atoms in total. The lowest BCUT2D eigenvalue weighted by molar-refractivity contribution is 0.0517. The molecular formula is C22H32N4O2. The highest BCUT2D eigenvalue weighted by molar-refractivity contribution is 5.91. The molecule has 2 aromatic rings. The van der Waals surface area contributed by atoms with Crippen molar-refractivity contribution in [3.05, 3.63) is 46.4 Å². The van der Waals surface area contributed by atoms with E-state index in [-0.39, 0.29) is 5.97 Å². The number of nitrogens with zero attached hydrogens (tertiary/aromatic N) is 4. The predicted molar refractivity (Wildman–Crippen MR) is 114 cm³/mol. The van der Waals surface area contributed by atoms with Crippen LogP contribution in [0.15, 0.2) is 23.9 Å². The number of carbonyl (C=O) groups is 1. The fourth-order valence-corrected chi connectivity index (χ4v) is 3.57. The van der Waals surface area contributed by atoms with Crippen molar-refractivity contribution in [2.75, 3.05) is 24.6 Å². The van der Waals surface area contributed by atoms with E-state index < -0.39 is 0 Å². The third-order valence-electron chi connectivity index (χ3n) is 4.94. The normalized spacial score (nSPS) is 13.9. The van der Waals surface area contributed by atoms with Crippen LogP contribution in [0, 0.1) is 13.8 Å². The summed E-state index contributed by atoms with van der Waals surface area (Å²) in [6, 6.07) is 4.04. The van der Waals surface area contributed by atoms with Crippen LogP contribution in [0.2, 0.25) is 0 Å². The monoisotopic (exact) mass is 384 g/mol. The maximum absolute atomic E-state index is 12.2. The molecule has 0 amide bonds. The number of aromatic nitrogens is 3. The smallest absolute Gasteiger partial charge is 0.359 e. The molecule has 0 bridgehead atoms. The average Bonchev–Trinajstić information content (AvgIpc) is 2.99. The van der Waals surface area contributed by atoms with Gasteiger partial charge in [0.1, 0.15) is 5.82 Å². The van der Waals surface area contributed by atoms with Gasteiger partial charge in [0.2, 0.25) is 0 Å². The van der Waals surface area contributed by atoms with E-state index in [9.17, 15) is 4.79 Å². The van der Waals surface area contributed by atoms with E-state index in [1.165, 1.54) is 16.7 Å². The van der Waals surface area contributed by atoms with E-state index in [0.29, 0.717) is 12.3 Å². The third kappa shape index (κ3) is 4.26. The van der Waals surface area contributed by atoms with Gasteiger partial charge in [-0.3, -0.25) is 4.68 Å². The van der Waals surface area contributed by atoms with Crippen LogP contribution in [0.3, 0.4) is 0 Å². The molecule has 0 saturated heterocycles. The Balaban J connectivity index is 0.00000136. The Kier molecular flexibility index (Phi) is 7.38. The van der Waals surface area contributed by atoms with Crippen molar-refractivity contribution in [3.63, 3.8) is 0 Å². The van der Waals surface area contributed by atoms with E-state index in [2.05, 4.69) is 34.9 Å². The predicted octanol–water partition coefficient (Wildman–Crippen LogP) is 4.32. The minimum absolute atomic E-state index is 0.346. The minimum Gasteiger partial charge on any atom is -0.461 e. The molecular weight excluding hydrogens is 352 g/mol. The molecule has 0 aromatic carbocycles. The summed E-state index contributed by atoms with van der Waals surface area (Å²) in [5.74, 6) is 0.654. The number of hydrogen-bond donors (Lipinski definition) is 0. The van der Waals surface area contributed by atoms with Gasteiger partial charge >= 0.3 is 5.97 Å². The van der Waals surface area contributed by atoms with Crippen LogP contribution in [0.5, 0.6) is 0 Å². The number of aryl methyl sites for hydroxylation is 2. The largest absolute Gasteiger partial charge is 0.461 e. The summed E-state index contributed by atoms with van der Waals surface area (Å²) in [6.45, 7) is 14.0. The Hall–Kier alpha value is -2.63. The molecule has 0 fully saturated rings. The summed E-state index contributed by atoms with van der Waals surface area (Å²) in [6.07, 6.45) is 2.80. The van der Waals surface area contributed by atoms with Gasteiger partial charge in [0, 0.05) is 31.9 Å². The Morgan fingerprint density at radius 1 is 1.25 bits per heavy atom. The first-order valence-corrected chi connectivity index (χ1v) is 10.00. The molecule has 152 valence electrons. The van der Waals surface area contributed by atoms with Crippen molar-refractivity contribution >= 4 is 17.4 Å². The van der Waals surface area contributed by atoms with Crippen LogP contribution in [-0.2, 0) is 11.8 Å². The molecule has 1 aliphatic rings. The molecule has 3 rings (SSSR count). The van der Waals surface area contributed by atoms with Gasteiger partial charge in [-0.1, -0.05) is 25.5 Å². The zero-order valence-electron chi connectivity index (χ0n) is 18.2. The van der Waals surface area contributed by atoms with E-state index in [0.717, 1.165) is 36.6 Å². The number of ether oxygens (including phenoxy) is 1. The maximum atomic E-state index is 12.2. The first kappa shape index (κ1) is 21.7. The zero-order valence-corrected chi connectivity index (χ0v) is 18.2. The number of esters is 1. The fourth-order valence-electron chi connectivity index (χ4n) is 3.57. The number of pyridine rings is 1. The highest BCUT2D eigenvalue weighted by Gasteiger charge is 2.27. The van der Waals surface area contributed by atoms with E-state index >= 15 is 0 Å². The van der Waals surface area contributed by atoms with Crippen molar-refractivity contribution in [1.82, 2.24) is 14.8 Å². The Morgan fingerprint density at radius 2 is 1.96 bits per heavy atom. The second kappa shape index (κ2) is 9.53. The Morgan fingerprint density at radius 3 is 2.61 bits per heavy atom. The van der Waals surface area contributed by atoms with E-state index in [1.54, 1.807) is 11.6 Å². The maximum Gasteiger partial charge on any atom is 0.359 e. The molecule has 0 N–H and O–H groups in total. The van der Waals surface area contributed by atoms with Gasteiger partial charge in [0.15, 0.2) is 5.69 Å². The first-order valence-electron chi connectivity index (χ1n) is 10.00. The van der Waals surface area contributed by atoms with Crippen molar-refractivity contribution in [2.24, 2.45) is 7.05 Å². The molecule has 6 heteroatoms. The van der Waals surface area contributed by atoms with Gasteiger partial charge in [0.25, 0.3) is 0 Å². The second-order valence-electron chi connectivity index (χ2n) is 6.74. The summed E-state index contributed by atoms with van der Waals surface area (Å²) in [7, 11) is 1.89. The highest BCUT2D eigenvalue weighted by Crippen LogP contribution is 2.32. The summed E-state index contributed by atoms with van der Waals surface area (Å²) < 4.78 is 6.95. The molecule has 0 unspecified atom stereocenters. The van der Waals surface area contributed by atoms with Gasteiger partial charge in [-0.05, 0) is 51.3 Å². The lowest BCUT2D eigenvalue weighted by Crippen LogP contribution is -2.32. The Labute approximate surface area is 168 Å². The quantitative estimate of drug-likeness (QED) is 0.735. The van der Waals surface area contributed by atoms with Crippen molar-refractivity contribution in [1.29, 1.82) is 0 Å². The molecule has 1 aliphatic heterocycles. The minimum atomic E-state index is -0.363. The first-order chi connectivity index (χ1) is 13.4. The van der Waals surface area contributed by atoms with Crippen LogP contribution in [0.4, 0.5) is 5.82 Å². The molecule has 0 atom stereocenters. The summed E-state index contributed by atoms with van der Waals surface area (Å²) in [5, 5.41) is 4.43. The number of anilines is 1. The molecule has 2 aromatic heterocycles. The van der Waals surface area contributed by atoms with Gasteiger partial charge in [-0.25, -0.2) is 9.78 Å².